The number of amides is 4. The van der Waals surface area contributed by atoms with Crippen LogP contribution in [0.15, 0.2) is 0 Å². The molecule has 6 nitrogen and oxygen atoms in total. The lowest BCUT2D eigenvalue weighted by molar-refractivity contribution is -0.205. The van der Waals surface area contributed by atoms with Gasteiger partial charge in [-0.15, -0.1) is 0 Å². The Hall–Kier alpha value is -1.80. The number of rotatable bonds is 4. The second-order valence-electron chi connectivity index (χ2n) is 6.81. The van der Waals surface area contributed by atoms with Gasteiger partial charge in [-0.25, -0.2) is 4.79 Å². The maximum Gasteiger partial charge on any atom is 0.440 e. The SMILES string of the molecule is CC(C)CN1C(=O)N[C@](NC(=O)C2CCCCC2)(C(F)(F)F)C1=O. The van der Waals surface area contributed by atoms with Gasteiger partial charge in [0.25, 0.3) is 11.6 Å². The zero-order valence-corrected chi connectivity index (χ0v) is 13.7. The molecule has 2 rings (SSSR count). The standard InChI is InChI=1S/C15H22F3N3O3/c1-9(2)8-21-12(23)14(15(16,17)18,20-13(21)24)19-11(22)10-6-4-3-5-7-10/h9-10H,3-8H2,1-2H3,(H,19,22)(H,20,24)/t14-/m0/s1. The average molecular weight is 349 g/mol. The van der Waals surface area contributed by atoms with Crippen molar-refractivity contribution in [3.05, 3.63) is 0 Å². The van der Waals surface area contributed by atoms with Gasteiger partial charge in [-0.2, -0.15) is 13.2 Å². The normalized spacial score (nSPS) is 26.0. The summed E-state index contributed by atoms with van der Waals surface area (Å²) in [6.07, 6.45) is -1.70. The average Bonchev–Trinajstić information content (AvgIpc) is 2.72. The molecule has 1 atom stereocenters. The highest BCUT2D eigenvalue weighted by Crippen LogP contribution is 2.35. The van der Waals surface area contributed by atoms with E-state index in [1.807, 2.05) is 0 Å². The van der Waals surface area contributed by atoms with Crippen molar-refractivity contribution in [2.24, 2.45) is 11.8 Å². The first-order chi connectivity index (χ1) is 11.1. The first kappa shape index (κ1) is 18.5. The molecule has 1 aliphatic heterocycles. The molecule has 9 heteroatoms. The molecule has 4 amide bonds. The fourth-order valence-corrected chi connectivity index (χ4v) is 3.11. The maximum atomic E-state index is 13.6. The zero-order valence-electron chi connectivity index (χ0n) is 13.7. The Morgan fingerprint density at radius 1 is 1.29 bits per heavy atom. The Balaban J connectivity index is 2.26. The number of hydrogen-bond donors (Lipinski definition) is 2. The van der Waals surface area contributed by atoms with E-state index in [-0.39, 0.29) is 12.5 Å². The summed E-state index contributed by atoms with van der Waals surface area (Å²) in [5.41, 5.74) is -3.37. The van der Waals surface area contributed by atoms with Gasteiger partial charge in [0.1, 0.15) is 0 Å². The Kier molecular flexibility index (Phi) is 5.10. The Morgan fingerprint density at radius 3 is 2.38 bits per heavy atom. The van der Waals surface area contributed by atoms with Crippen molar-refractivity contribution in [2.75, 3.05) is 6.54 Å². The second kappa shape index (κ2) is 6.60. The van der Waals surface area contributed by atoms with Crippen LogP contribution in [0.25, 0.3) is 0 Å². The Bertz CT molecular complexity index is 530. The number of nitrogens with one attached hydrogen (secondary N) is 2. The van der Waals surface area contributed by atoms with Crippen molar-refractivity contribution in [1.29, 1.82) is 0 Å². The monoisotopic (exact) mass is 349 g/mol. The molecule has 0 unspecified atom stereocenters. The summed E-state index contributed by atoms with van der Waals surface area (Å²) >= 11 is 0. The molecule has 24 heavy (non-hydrogen) atoms. The summed E-state index contributed by atoms with van der Waals surface area (Å²) in [4.78, 5) is 37.0. The van der Waals surface area contributed by atoms with Crippen molar-refractivity contribution >= 4 is 17.8 Å². The smallest absolute Gasteiger partial charge is 0.318 e. The lowest BCUT2D eigenvalue weighted by Crippen LogP contribution is -2.70. The van der Waals surface area contributed by atoms with Gasteiger partial charge in [0.2, 0.25) is 5.91 Å². The van der Waals surface area contributed by atoms with Gasteiger partial charge >= 0.3 is 12.2 Å². The molecule has 0 spiro atoms. The number of carbonyl (C=O) groups is 3. The van der Waals surface area contributed by atoms with Crippen molar-refractivity contribution in [2.45, 2.75) is 57.8 Å². The number of nitrogens with zero attached hydrogens (tertiary/aromatic N) is 1. The van der Waals surface area contributed by atoms with E-state index in [1.165, 1.54) is 0 Å². The van der Waals surface area contributed by atoms with E-state index in [0.29, 0.717) is 17.7 Å². The van der Waals surface area contributed by atoms with Crippen molar-refractivity contribution < 1.29 is 27.6 Å². The molecule has 136 valence electrons. The maximum absolute atomic E-state index is 13.6. The van der Waals surface area contributed by atoms with E-state index in [4.69, 9.17) is 0 Å². The summed E-state index contributed by atoms with van der Waals surface area (Å²) in [6, 6.07) is -1.14. The van der Waals surface area contributed by atoms with Gasteiger partial charge in [-0.1, -0.05) is 33.1 Å². The van der Waals surface area contributed by atoms with Gasteiger partial charge < -0.3 is 5.32 Å². The molecule has 2 fully saturated rings. The van der Waals surface area contributed by atoms with Crippen molar-refractivity contribution in [3.63, 3.8) is 0 Å². The predicted octanol–water partition coefficient (Wildman–Crippen LogP) is 2.15. The fraction of sp³-hybridized carbons (Fsp3) is 0.800. The summed E-state index contributed by atoms with van der Waals surface area (Å²) < 4.78 is 40.8. The summed E-state index contributed by atoms with van der Waals surface area (Å²) in [6.45, 7) is 3.20. The number of imide groups is 1. The highest BCUT2D eigenvalue weighted by atomic mass is 19.4. The fourth-order valence-electron chi connectivity index (χ4n) is 3.11. The first-order valence-corrected chi connectivity index (χ1v) is 8.11. The van der Waals surface area contributed by atoms with Gasteiger partial charge in [-0.3, -0.25) is 19.8 Å². The predicted molar refractivity (Wildman–Crippen MR) is 78.6 cm³/mol. The third kappa shape index (κ3) is 3.34. The molecular weight excluding hydrogens is 327 g/mol. The number of alkyl halides is 3. The third-order valence-corrected chi connectivity index (χ3v) is 4.37. The Morgan fingerprint density at radius 2 is 1.88 bits per heavy atom. The minimum absolute atomic E-state index is 0.151. The van der Waals surface area contributed by atoms with E-state index in [1.54, 1.807) is 24.5 Å². The zero-order chi connectivity index (χ0) is 18.1. The highest BCUT2D eigenvalue weighted by Gasteiger charge is 2.68. The second-order valence-corrected chi connectivity index (χ2v) is 6.81. The van der Waals surface area contributed by atoms with Crippen LogP contribution in [0.5, 0.6) is 0 Å². The molecule has 0 bridgehead atoms. The topological polar surface area (TPSA) is 78.5 Å². The molecule has 2 N–H and O–H groups in total. The molecule has 0 aromatic carbocycles. The highest BCUT2D eigenvalue weighted by molar-refractivity contribution is 6.09. The van der Waals surface area contributed by atoms with Gasteiger partial charge in [0, 0.05) is 12.5 Å². The molecule has 1 heterocycles. The Labute approximate surface area is 138 Å². The van der Waals surface area contributed by atoms with E-state index in [9.17, 15) is 27.6 Å². The molecule has 1 saturated heterocycles. The number of hydrogen-bond acceptors (Lipinski definition) is 3. The minimum Gasteiger partial charge on any atom is -0.318 e. The molecule has 0 aromatic heterocycles. The van der Waals surface area contributed by atoms with Crippen LogP contribution in [0, 0.1) is 11.8 Å². The molecule has 1 saturated carbocycles. The number of halogens is 3. The summed E-state index contributed by atoms with van der Waals surface area (Å²) in [7, 11) is 0. The van der Waals surface area contributed by atoms with E-state index >= 15 is 0 Å². The van der Waals surface area contributed by atoms with E-state index in [2.05, 4.69) is 0 Å². The van der Waals surface area contributed by atoms with E-state index in [0.717, 1.165) is 19.3 Å². The number of urea groups is 1. The lowest BCUT2D eigenvalue weighted by Gasteiger charge is -2.32. The third-order valence-electron chi connectivity index (χ3n) is 4.37. The molecule has 0 radical (unpaired) electrons. The van der Waals surface area contributed by atoms with E-state index < -0.39 is 35.6 Å². The summed E-state index contributed by atoms with van der Waals surface area (Å²) in [5.74, 6) is -3.08. The van der Waals surface area contributed by atoms with Crippen LogP contribution in [-0.4, -0.2) is 41.1 Å². The lowest BCUT2D eigenvalue weighted by atomic mass is 9.88. The van der Waals surface area contributed by atoms with Crippen LogP contribution in [-0.2, 0) is 9.59 Å². The van der Waals surface area contributed by atoms with Crippen LogP contribution in [0.2, 0.25) is 0 Å². The van der Waals surface area contributed by atoms with Crippen LogP contribution >= 0.6 is 0 Å². The van der Waals surface area contributed by atoms with Crippen molar-refractivity contribution in [1.82, 2.24) is 15.5 Å². The molecule has 2 aliphatic rings. The molecule has 1 aliphatic carbocycles. The summed E-state index contributed by atoms with van der Waals surface area (Å²) in [5, 5.41) is 3.46. The number of carbonyl (C=O) groups excluding carboxylic acids is 3. The minimum atomic E-state index is -5.13. The van der Waals surface area contributed by atoms with Gasteiger partial charge in [0.05, 0.1) is 0 Å². The van der Waals surface area contributed by atoms with Gasteiger partial charge in [0.15, 0.2) is 0 Å². The van der Waals surface area contributed by atoms with Crippen LogP contribution in [0.3, 0.4) is 0 Å². The van der Waals surface area contributed by atoms with Crippen LogP contribution in [0.1, 0.15) is 46.0 Å². The van der Waals surface area contributed by atoms with Crippen LogP contribution < -0.4 is 10.6 Å². The largest absolute Gasteiger partial charge is 0.440 e. The quantitative estimate of drug-likeness (QED) is 0.764. The molecule has 0 aromatic rings. The molecular formula is C15H22F3N3O3. The van der Waals surface area contributed by atoms with Crippen LogP contribution in [0.4, 0.5) is 18.0 Å². The first-order valence-electron chi connectivity index (χ1n) is 8.11. The van der Waals surface area contributed by atoms with Gasteiger partial charge in [-0.05, 0) is 18.8 Å². The van der Waals surface area contributed by atoms with Crippen molar-refractivity contribution in [3.8, 4) is 0 Å².